The smallest absolute Gasteiger partial charge is 0.0781 e. The third-order valence-corrected chi connectivity index (χ3v) is 4.47. The minimum atomic E-state index is 0. The lowest BCUT2D eigenvalue weighted by Gasteiger charge is -2.28. The van der Waals surface area contributed by atoms with Crippen LogP contribution in [0.5, 0.6) is 0 Å². The van der Waals surface area contributed by atoms with E-state index in [-0.39, 0.29) is 12.4 Å². The van der Waals surface area contributed by atoms with Crippen LogP contribution in [-0.2, 0) is 0 Å². The summed E-state index contributed by atoms with van der Waals surface area (Å²) in [5.41, 5.74) is 7.92. The zero-order valence-corrected chi connectivity index (χ0v) is 14.9. The lowest BCUT2D eigenvalue weighted by molar-refractivity contribution is -0.858. The third-order valence-electron chi connectivity index (χ3n) is 4.47. The van der Waals surface area contributed by atoms with Crippen molar-refractivity contribution < 1.29 is 17.3 Å². The summed E-state index contributed by atoms with van der Waals surface area (Å²) in [4.78, 5) is 6.68. The van der Waals surface area contributed by atoms with Crippen molar-refractivity contribution in [2.24, 2.45) is 0 Å². The molecule has 0 radical (unpaired) electrons. The van der Waals surface area contributed by atoms with Crippen LogP contribution in [0, 0.1) is 0 Å². The predicted molar refractivity (Wildman–Crippen MR) is 91.0 cm³/mol. The molecule has 0 bridgehead atoms. The number of nitrogen functional groups attached to an aromatic ring is 1. The van der Waals surface area contributed by atoms with Gasteiger partial charge in [-0.1, -0.05) is 0 Å². The maximum Gasteiger partial charge on any atom is 0.0781 e. The Balaban J connectivity index is 0.00000242. The van der Waals surface area contributed by atoms with Gasteiger partial charge in [-0.15, -0.1) is 0 Å². The summed E-state index contributed by atoms with van der Waals surface area (Å²) >= 11 is 0. The Morgan fingerprint density at radius 3 is 2.41 bits per heavy atom. The fourth-order valence-corrected chi connectivity index (χ4v) is 3.00. The zero-order chi connectivity index (χ0) is 15.2. The van der Waals surface area contributed by atoms with Crippen LogP contribution in [0.2, 0.25) is 0 Å². The fourth-order valence-electron chi connectivity index (χ4n) is 3.00. The molecule has 126 valence electrons. The summed E-state index contributed by atoms with van der Waals surface area (Å²) in [7, 11) is 4.47. The molecule has 1 aliphatic rings. The molecule has 22 heavy (non-hydrogen) atoms. The molecule has 0 aromatic heterocycles. The summed E-state index contributed by atoms with van der Waals surface area (Å²) in [6.45, 7) is 8.26. The van der Waals surface area contributed by atoms with Gasteiger partial charge in [0.25, 0.3) is 0 Å². The standard InChI is InChI=1S/C17H30N4.ClH/c1-15(9-12-19(2)3)20-10-4-11-21(14-13-20)17-7-5-16(18)6-8-17;/h5-8,15H,4,9-14,18H2,1-3H3;1H. The highest BCUT2D eigenvalue weighted by Gasteiger charge is 2.19. The first-order valence-electron chi connectivity index (χ1n) is 8.20. The Morgan fingerprint density at radius 2 is 1.77 bits per heavy atom. The van der Waals surface area contributed by atoms with Crippen molar-refractivity contribution in [3.05, 3.63) is 24.3 Å². The van der Waals surface area contributed by atoms with Crippen molar-refractivity contribution in [1.29, 1.82) is 0 Å². The van der Waals surface area contributed by atoms with Gasteiger partial charge in [0.15, 0.2) is 0 Å². The molecule has 1 fully saturated rings. The molecule has 1 aromatic rings. The van der Waals surface area contributed by atoms with Crippen molar-refractivity contribution in [2.75, 3.05) is 57.5 Å². The maximum absolute atomic E-state index is 5.78. The fraction of sp³-hybridized carbons (Fsp3) is 0.647. The monoisotopic (exact) mass is 326 g/mol. The molecular weight excluding hydrogens is 296 g/mol. The highest BCUT2D eigenvalue weighted by atomic mass is 35.5. The van der Waals surface area contributed by atoms with E-state index in [2.05, 4.69) is 43.0 Å². The summed E-state index contributed by atoms with van der Waals surface area (Å²) in [5, 5.41) is 0. The van der Waals surface area contributed by atoms with Crippen molar-refractivity contribution in [1.82, 2.24) is 4.90 Å². The number of anilines is 2. The summed E-state index contributed by atoms with van der Waals surface area (Å²) in [6, 6.07) is 8.97. The Labute approximate surface area is 141 Å². The van der Waals surface area contributed by atoms with Crippen molar-refractivity contribution in [3.8, 4) is 0 Å². The van der Waals surface area contributed by atoms with Gasteiger partial charge in [0.2, 0.25) is 0 Å². The zero-order valence-electron chi connectivity index (χ0n) is 14.2. The van der Waals surface area contributed by atoms with Gasteiger partial charge in [0.05, 0.1) is 20.6 Å². The van der Waals surface area contributed by atoms with Crippen LogP contribution in [0.1, 0.15) is 19.8 Å². The SMILES string of the molecule is CC(CC[NH+](C)C)N1CCCN(c2ccc(N)cc2)CC1.[Cl-]. The number of nitrogens with one attached hydrogen (secondary N) is 1. The number of rotatable bonds is 5. The van der Waals surface area contributed by atoms with Crippen LogP contribution < -0.4 is 27.9 Å². The average Bonchev–Trinajstić information content (AvgIpc) is 2.71. The van der Waals surface area contributed by atoms with E-state index in [1.807, 2.05) is 12.1 Å². The number of halogens is 1. The second-order valence-electron chi connectivity index (χ2n) is 6.56. The molecule has 0 saturated carbocycles. The van der Waals surface area contributed by atoms with E-state index in [0.29, 0.717) is 6.04 Å². The van der Waals surface area contributed by atoms with Crippen LogP contribution in [0.15, 0.2) is 24.3 Å². The lowest BCUT2D eigenvalue weighted by Crippen LogP contribution is -3.05. The second kappa shape index (κ2) is 9.23. The van der Waals surface area contributed by atoms with Crippen LogP contribution in [0.3, 0.4) is 0 Å². The molecule has 1 unspecified atom stereocenters. The maximum atomic E-state index is 5.78. The predicted octanol–water partition coefficient (Wildman–Crippen LogP) is -2.29. The highest BCUT2D eigenvalue weighted by molar-refractivity contribution is 5.53. The molecule has 4 nitrogen and oxygen atoms in total. The third kappa shape index (κ3) is 5.67. The van der Waals surface area contributed by atoms with Gasteiger partial charge in [-0.3, -0.25) is 4.90 Å². The topological polar surface area (TPSA) is 36.9 Å². The van der Waals surface area contributed by atoms with Crippen molar-refractivity contribution in [2.45, 2.75) is 25.8 Å². The number of benzene rings is 1. The van der Waals surface area contributed by atoms with Gasteiger partial charge in [-0.2, -0.15) is 0 Å². The Hall–Kier alpha value is -0.970. The van der Waals surface area contributed by atoms with E-state index >= 15 is 0 Å². The first-order valence-corrected chi connectivity index (χ1v) is 8.20. The van der Waals surface area contributed by atoms with Crippen molar-refractivity contribution >= 4 is 11.4 Å². The molecule has 1 aliphatic heterocycles. The van der Waals surface area contributed by atoms with Gasteiger partial charge < -0.3 is 27.9 Å². The second-order valence-corrected chi connectivity index (χ2v) is 6.56. The molecular formula is C17H31ClN4. The largest absolute Gasteiger partial charge is 1.00 e. The van der Waals surface area contributed by atoms with Gasteiger partial charge in [-0.05, 0) is 37.6 Å². The van der Waals surface area contributed by atoms with Crippen LogP contribution >= 0.6 is 0 Å². The number of nitrogens with two attached hydrogens (primary N) is 1. The molecule has 2 rings (SSSR count). The molecule has 1 saturated heterocycles. The quantitative estimate of drug-likeness (QED) is 0.598. The van der Waals surface area contributed by atoms with Gasteiger partial charge in [0.1, 0.15) is 0 Å². The summed E-state index contributed by atoms with van der Waals surface area (Å²) < 4.78 is 0. The Morgan fingerprint density at radius 1 is 1.09 bits per heavy atom. The normalized spacial score (nSPS) is 17.9. The minimum Gasteiger partial charge on any atom is -1.00 e. The van der Waals surface area contributed by atoms with E-state index < -0.39 is 0 Å². The molecule has 3 N–H and O–H groups in total. The molecule has 0 amide bonds. The molecule has 1 atom stereocenters. The Kier molecular flexibility index (Phi) is 8.01. The average molecular weight is 327 g/mol. The lowest BCUT2D eigenvalue weighted by atomic mass is 10.2. The van der Waals surface area contributed by atoms with E-state index in [1.165, 1.54) is 31.6 Å². The first kappa shape index (κ1) is 19.1. The highest BCUT2D eigenvalue weighted by Crippen LogP contribution is 2.19. The Bertz CT molecular complexity index is 421. The van der Waals surface area contributed by atoms with Crippen LogP contribution in [0.4, 0.5) is 11.4 Å². The number of hydrogen-bond acceptors (Lipinski definition) is 3. The van der Waals surface area contributed by atoms with E-state index in [0.717, 1.165) is 25.3 Å². The number of hydrogen-bond donors (Lipinski definition) is 2. The van der Waals surface area contributed by atoms with E-state index in [9.17, 15) is 0 Å². The number of nitrogens with zero attached hydrogens (tertiary/aromatic N) is 2. The molecule has 1 heterocycles. The summed E-state index contributed by atoms with van der Waals surface area (Å²) in [5.74, 6) is 0. The van der Waals surface area contributed by atoms with E-state index in [1.54, 1.807) is 4.90 Å². The number of quaternary nitrogens is 1. The van der Waals surface area contributed by atoms with Crippen LogP contribution in [-0.4, -0.2) is 57.8 Å². The minimum absolute atomic E-state index is 0. The van der Waals surface area contributed by atoms with E-state index in [4.69, 9.17) is 5.73 Å². The van der Waals surface area contributed by atoms with Gasteiger partial charge in [-0.25, -0.2) is 0 Å². The van der Waals surface area contributed by atoms with Gasteiger partial charge >= 0.3 is 0 Å². The first-order chi connectivity index (χ1) is 10.1. The van der Waals surface area contributed by atoms with Crippen LogP contribution in [0.25, 0.3) is 0 Å². The molecule has 0 spiro atoms. The molecule has 1 aromatic carbocycles. The molecule has 5 heteroatoms. The summed E-state index contributed by atoms with van der Waals surface area (Å²) in [6.07, 6.45) is 2.52. The van der Waals surface area contributed by atoms with Gasteiger partial charge in [0, 0.05) is 50.0 Å². The van der Waals surface area contributed by atoms with Crippen molar-refractivity contribution in [3.63, 3.8) is 0 Å². The molecule has 0 aliphatic carbocycles.